The summed E-state index contributed by atoms with van der Waals surface area (Å²) in [5.74, 6) is 1.59. The van der Waals surface area contributed by atoms with E-state index < -0.39 is 0 Å². The monoisotopic (exact) mass is 285 g/mol. The first-order valence-corrected chi connectivity index (χ1v) is 7.29. The van der Waals surface area contributed by atoms with E-state index in [9.17, 15) is 0 Å². The van der Waals surface area contributed by atoms with E-state index >= 15 is 0 Å². The van der Waals surface area contributed by atoms with Crippen LogP contribution in [0, 0.1) is 0 Å². The lowest BCUT2D eigenvalue weighted by molar-refractivity contribution is 0.350. The number of aryl methyl sites for hydroxylation is 1. The van der Waals surface area contributed by atoms with Gasteiger partial charge in [0, 0.05) is 12.1 Å². The second-order valence-corrected chi connectivity index (χ2v) is 4.92. The van der Waals surface area contributed by atoms with Crippen molar-refractivity contribution in [3.05, 3.63) is 59.7 Å². The molecule has 2 aromatic carbocycles. The fraction of sp³-hybridized carbons (Fsp3) is 0.333. The molecule has 0 saturated carbocycles. The van der Waals surface area contributed by atoms with Gasteiger partial charge < -0.3 is 14.8 Å². The van der Waals surface area contributed by atoms with Crippen molar-refractivity contribution in [1.29, 1.82) is 0 Å². The summed E-state index contributed by atoms with van der Waals surface area (Å²) >= 11 is 0. The van der Waals surface area contributed by atoms with E-state index in [4.69, 9.17) is 9.47 Å². The molecule has 0 heterocycles. The van der Waals surface area contributed by atoms with Gasteiger partial charge >= 0.3 is 0 Å². The Morgan fingerprint density at radius 3 is 2.43 bits per heavy atom. The highest BCUT2D eigenvalue weighted by molar-refractivity contribution is 5.46. The summed E-state index contributed by atoms with van der Waals surface area (Å²) in [5.41, 5.74) is 2.51. The molecule has 0 unspecified atom stereocenters. The van der Waals surface area contributed by atoms with Crippen LogP contribution in [0.25, 0.3) is 0 Å². The van der Waals surface area contributed by atoms with Crippen LogP contribution in [0.3, 0.4) is 0 Å². The number of hydrogen-bond acceptors (Lipinski definition) is 3. The van der Waals surface area contributed by atoms with E-state index in [1.807, 2.05) is 12.1 Å². The molecule has 0 aromatic heterocycles. The molecule has 0 aliphatic heterocycles. The highest BCUT2D eigenvalue weighted by Crippen LogP contribution is 2.30. The molecule has 0 saturated heterocycles. The molecule has 0 radical (unpaired) electrons. The van der Waals surface area contributed by atoms with Crippen molar-refractivity contribution in [2.75, 3.05) is 20.8 Å². The van der Waals surface area contributed by atoms with Gasteiger partial charge in [-0.25, -0.2) is 0 Å². The van der Waals surface area contributed by atoms with Crippen molar-refractivity contribution in [2.24, 2.45) is 0 Å². The number of ether oxygens (including phenoxy) is 2. The first kappa shape index (κ1) is 15.4. The minimum absolute atomic E-state index is 0.779. The van der Waals surface area contributed by atoms with Crippen LogP contribution in [-0.2, 0) is 13.0 Å². The molecule has 1 N–H and O–H groups in total. The Hall–Kier alpha value is -2.00. The third kappa shape index (κ3) is 4.50. The van der Waals surface area contributed by atoms with E-state index in [1.165, 1.54) is 5.56 Å². The lowest BCUT2D eigenvalue weighted by Gasteiger charge is -2.13. The average Bonchev–Trinajstić information content (AvgIpc) is 2.55. The molecule has 0 spiro atoms. The second kappa shape index (κ2) is 8.32. The number of methoxy groups -OCH3 is 2. The minimum atomic E-state index is 0.779. The molecule has 3 heteroatoms. The molecule has 2 aromatic rings. The topological polar surface area (TPSA) is 30.5 Å². The minimum Gasteiger partial charge on any atom is -0.493 e. The molecule has 0 aliphatic rings. The Bertz CT molecular complexity index is 540. The van der Waals surface area contributed by atoms with Crippen molar-refractivity contribution < 1.29 is 9.47 Å². The van der Waals surface area contributed by atoms with Gasteiger partial charge in [0.25, 0.3) is 0 Å². The molecule has 0 fully saturated rings. The van der Waals surface area contributed by atoms with Gasteiger partial charge in [-0.05, 0) is 31.0 Å². The highest BCUT2D eigenvalue weighted by Gasteiger charge is 2.08. The van der Waals surface area contributed by atoms with Crippen LogP contribution in [0.15, 0.2) is 48.5 Å². The van der Waals surface area contributed by atoms with Gasteiger partial charge in [-0.3, -0.25) is 0 Å². The van der Waals surface area contributed by atoms with Gasteiger partial charge in [0.05, 0.1) is 14.2 Å². The smallest absolute Gasteiger partial charge is 0.165 e. The van der Waals surface area contributed by atoms with Crippen LogP contribution in [-0.4, -0.2) is 20.8 Å². The van der Waals surface area contributed by atoms with Gasteiger partial charge in [0.1, 0.15) is 0 Å². The summed E-state index contributed by atoms with van der Waals surface area (Å²) in [5, 5.41) is 3.46. The van der Waals surface area contributed by atoms with Crippen LogP contribution < -0.4 is 14.8 Å². The molecule has 0 amide bonds. The predicted octanol–water partition coefficient (Wildman–Crippen LogP) is 3.43. The maximum absolute atomic E-state index is 5.43. The average molecular weight is 285 g/mol. The lowest BCUT2D eigenvalue weighted by atomic mass is 10.1. The maximum atomic E-state index is 5.43. The standard InChI is InChI=1S/C18H23NO2/c1-20-17-12-6-11-16(18(17)21-2)14-19-13-7-10-15-8-4-3-5-9-15/h3-6,8-9,11-12,19H,7,10,13-14H2,1-2H3. The van der Waals surface area contributed by atoms with Gasteiger partial charge in [0.2, 0.25) is 0 Å². The Labute approximate surface area is 126 Å². The molecule has 0 bridgehead atoms. The van der Waals surface area contributed by atoms with Gasteiger partial charge in [-0.2, -0.15) is 0 Å². The zero-order valence-electron chi connectivity index (χ0n) is 12.8. The molecule has 2 rings (SSSR count). The Morgan fingerprint density at radius 1 is 0.905 bits per heavy atom. The maximum Gasteiger partial charge on any atom is 0.165 e. The third-order valence-corrected chi connectivity index (χ3v) is 3.46. The van der Waals surface area contributed by atoms with Gasteiger partial charge in [-0.15, -0.1) is 0 Å². The number of para-hydroxylation sites is 1. The van der Waals surface area contributed by atoms with E-state index in [0.29, 0.717) is 0 Å². The summed E-state index contributed by atoms with van der Waals surface area (Å²) in [6.07, 6.45) is 2.22. The van der Waals surface area contributed by atoms with E-state index in [2.05, 4.69) is 41.7 Å². The Kier molecular flexibility index (Phi) is 6.10. The van der Waals surface area contributed by atoms with Crippen LogP contribution in [0.2, 0.25) is 0 Å². The van der Waals surface area contributed by atoms with Crippen molar-refractivity contribution in [1.82, 2.24) is 5.32 Å². The lowest BCUT2D eigenvalue weighted by Crippen LogP contribution is -2.16. The molecule has 0 aliphatic carbocycles. The summed E-state index contributed by atoms with van der Waals surface area (Å²) in [6, 6.07) is 16.5. The largest absolute Gasteiger partial charge is 0.493 e. The summed E-state index contributed by atoms with van der Waals surface area (Å²) in [4.78, 5) is 0. The number of rotatable bonds is 8. The van der Waals surface area contributed by atoms with E-state index in [0.717, 1.165) is 43.0 Å². The first-order valence-electron chi connectivity index (χ1n) is 7.29. The van der Waals surface area contributed by atoms with Crippen molar-refractivity contribution in [3.63, 3.8) is 0 Å². The fourth-order valence-corrected chi connectivity index (χ4v) is 2.38. The quantitative estimate of drug-likeness (QED) is 0.754. The van der Waals surface area contributed by atoms with Crippen LogP contribution in [0.5, 0.6) is 11.5 Å². The van der Waals surface area contributed by atoms with Crippen molar-refractivity contribution >= 4 is 0 Å². The highest BCUT2D eigenvalue weighted by atomic mass is 16.5. The van der Waals surface area contributed by atoms with E-state index in [-0.39, 0.29) is 0 Å². The van der Waals surface area contributed by atoms with Crippen LogP contribution >= 0.6 is 0 Å². The summed E-state index contributed by atoms with van der Waals surface area (Å²) in [6.45, 7) is 1.77. The second-order valence-electron chi connectivity index (χ2n) is 4.92. The molecule has 21 heavy (non-hydrogen) atoms. The SMILES string of the molecule is COc1cccc(CNCCCc2ccccc2)c1OC. The molecular formula is C18H23NO2. The molecule has 3 nitrogen and oxygen atoms in total. The molecular weight excluding hydrogens is 262 g/mol. The first-order chi connectivity index (χ1) is 10.3. The predicted molar refractivity (Wildman–Crippen MR) is 86.0 cm³/mol. The van der Waals surface area contributed by atoms with Crippen LogP contribution in [0.4, 0.5) is 0 Å². The third-order valence-electron chi connectivity index (χ3n) is 3.46. The fourth-order valence-electron chi connectivity index (χ4n) is 2.38. The number of benzene rings is 2. The normalized spacial score (nSPS) is 10.4. The Morgan fingerprint density at radius 2 is 1.71 bits per heavy atom. The van der Waals surface area contributed by atoms with E-state index in [1.54, 1.807) is 14.2 Å². The summed E-state index contributed by atoms with van der Waals surface area (Å²) < 4.78 is 10.7. The van der Waals surface area contributed by atoms with Gasteiger partial charge in [0.15, 0.2) is 11.5 Å². The molecule has 0 atom stereocenters. The van der Waals surface area contributed by atoms with Crippen molar-refractivity contribution in [3.8, 4) is 11.5 Å². The summed E-state index contributed by atoms with van der Waals surface area (Å²) in [7, 11) is 3.34. The zero-order chi connectivity index (χ0) is 14.9. The Balaban J connectivity index is 1.78. The number of hydrogen-bond donors (Lipinski definition) is 1. The zero-order valence-corrected chi connectivity index (χ0v) is 12.8. The van der Waals surface area contributed by atoms with Crippen molar-refractivity contribution in [2.45, 2.75) is 19.4 Å². The number of nitrogens with one attached hydrogen (secondary N) is 1. The van der Waals surface area contributed by atoms with Crippen LogP contribution in [0.1, 0.15) is 17.5 Å². The molecule has 112 valence electrons. The van der Waals surface area contributed by atoms with Gasteiger partial charge in [-0.1, -0.05) is 42.5 Å².